The molecule has 0 aromatic heterocycles. The summed E-state index contributed by atoms with van der Waals surface area (Å²) < 4.78 is 39.7. The largest absolute Gasteiger partial charge is 0.322 e. The van der Waals surface area contributed by atoms with Crippen LogP contribution >= 0.6 is 11.8 Å². The first-order chi connectivity index (χ1) is 12.9. The Balaban J connectivity index is 1.71. The lowest BCUT2D eigenvalue weighted by Crippen LogP contribution is -2.36. The van der Waals surface area contributed by atoms with Crippen molar-refractivity contribution in [2.75, 3.05) is 11.9 Å². The van der Waals surface area contributed by atoms with Gasteiger partial charge in [-0.25, -0.2) is 13.2 Å². The minimum atomic E-state index is -1.73. The van der Waals surface area contributed by atoms with Crippen molar-refractivity contribution in [2.45, 2.75) is 0 Å². The van der Waals surface area contributed by atoms with Gasteiger partial charge in [0, 0.05) is 0 Å². The normalized spacial score (nSPS) is 15.5. The smallest absolute Gasteiger partial charge is 0.294 e. The molecule has 138 valence electrons. The van der Waals surface area contributed by atoms with Crippen LogP contribution in [0.5, 0.6) is 0 Å². The van der Waals surface area contributed by atoms with Gasteiger partial charge in [-0.15, -0.1) is 0 Å². The van der Waals surface area contributed by atoms with Crippen molar-refractivity contribution in [3.8, 4) is 0 Å². The maximum absolute atomic E-state index is 13.6. The van der Waals surface area contributed by atoms with Crippen LogP contribution in [0.4, 0.5) is 23.7 Å². The molecule has 2 aromatic carbocycles. The minimum absolute atomic E-state index is 0.137. The number of thioether (sulfide) groups is 1. The molecule has 3 rings (SSSR count). The molecule has 1 fully saturated rings. The van der Waals surface area contributed by atoms with E-state index in [1.54, 1.807) is 30.3 Å². The van der Waals surface area contributed by atoms with E-state index in [1.165, 1.54) is 6.08 Å². The third-order valence-corrected chi connectivity index (χ3v) is 4.49. The fourth-order valence-corrected chi connectivity index (χ4v) is 3.13. The predicted molar refractivity (Wildman–Crippen MR) is 94.1 cm³/mol. The fraction of sp³-hybridized carbons (Fsp3) is 0.0556. The lowest BCUT2D eigenvalue weighted by atomic mass is 10.2. The zero-order chi connectivity index (χ0) is 19.6. The topological polar surface area (TPSA) is 66.5 Å². The summed E-state index contributed by atoms with van der Waals surface area (Å²) in [5, 5.41) is 1.35. The molecule has 0 unspecified atom stereocenters. The average Bonchev–Trinajstić information content (AvgIpc) is 2.90. The van der Waals surface area contributed by atoms with Crippen molar-refractivity contribution in [1.29, 1.82) is 0 Å². The van der Waals surface area contributed by atoms with E-state index in [0.29, 0.717) is 28.3 Å². The first-order valence-corrected chi connectivity index (χ1v) is 8.42. The molecule has 0 saturated carbocycles. The number of carbonyl (C=O) groups excluding carboxylic acids is 3. The van der Waals surface area contributed by atoms with E-state index in [4.69, 9.17) is 0 Å². The summed E-state index contributed by atoms with van der Waals surface area (Å²) in [6.07, 6.45) is 1.51. The Bertz CT molecular complexity index is 964. The summed E-state index contributed by atoms with van der Waals surface area (Å²) >= 11 is 0.667. The maximum atomic E-state index is 13.6. The molecule has 1 aliphatic rings. The van der Waals surface area contributed by atoms with E-state index >= 15 is 0 Å². The van der Waals surface area contributed by atoms with Gasteiger partial charge in [0.25, 0.3) is 11.1 Å². The number of benzene rings is 2. The van der Waals surface area contributed by atoms with E-state index in [0.717, 1.165) is 6.07 Å². The zero-order valence-corrected chi connectivity index (χ0v) is 14.4. The Kier molecular flexibility index (Phi) is 5.31. The quantitative estimate of drug-likeness (QED) is 0.635. The van der Waals surface area contributed by atoms with Crippen molar-refractivity contribution in [2.24, 2.45) is 0 Å². The van der Waals surface area contributed by atoms with Gasteiger partial charge in [-0.05, 0) is 35.5 Å². The molecule has 2 aromatic rings. The van der Waals surface area contributed by atoms with Crippen LogP contribution in [0.1, 0.15) is 5.56 Å². The van der Waals surface area contributed by atoms with Crippen LogP contribution in [-0.2, 0) is 9.59 Å². The summed E-state index contributed by atoms with van der Waals surface area (Å²) in [6.45, 7) is -0.685. The van der Waals surface area contributed by atoms with E-state index < -0.39 is 46.7 Å². The molecule has 1 N–H and O–H groups in total. The van der Waals surface area contributed by atoms with Crippen molar-refractivity contribution in [1.82, 2.24) is 4.90 Å². The van der Waals surface area contributed by atoms with Gasteiger partial charge in [0.05, 0.1) is 10.6 Å². The van der Waals surface area contributed by atoms with Gasteiger partial charge < -0.3 is 5.32 Å². The number of amides is 3. The van der Waals surface area contributed by atoms with Crippen molar-refractivity contribution in [3.63, 3.8) is 0 Å². The van der Waals surface area contributed by atoms with E-state index in [2.05, 4.69) is 0 Å². The van der Waals surface area contributed by atoms with Crippen LogP contribution < -0.4 is 5.32 Å². The Labute approximate surface area is 155 Å². The molecule has 3 amide bonds. The number of carbonyl (C=O) groups is 3. The molecule has 0 bridgehead atoms. The highest BCUT2D eigenvalue weighted by Crippen LogP contribution is 2.32. The SMILES string of the molecule is O=C(CN1C(=O)S/C(=C/c2ccccc2)C1=O)Nc1ccc(F)c(F)c1F. The Morgan fingerprint density at radius 3 is 2.44 bits per heavy atom. The van der Waals surface area contributed by atoms with Gasteiger partial charge in [0.1, 0.15) is 6.54 Å². The lowest BCUT2D eigenvalue weighted by molar-refractivity contribution is -0.127. The van der Waals surface area contributed by atoms with Crippen LogP contribution in [0.25, 0.3) is 6.08 Å². The Morgan fingerprint density at radius 2 is 1.74 bits per heavy atom. The average molecular weight is 392 g/mol. The van der Waals surface area contributed by atoms with Gasteiger partial charge >= 0.3 is 0 Å². The number of nitrogens with zero attached hydrogens (tertiary/aromatic N) is 1. The summed E-state index contributed by atoms with van der Waals surface area (Å²) in [5.41, 5.74) is 0.113. The molecule has 1 aliphatic heterocycles. The number of hydrogen-bond acceptors (Lipinski definition) is 4. The first-order valence-electron chi connectivity index (χ1n) is 7.60. The molecule has 1 saturated heterocycles. The van der Waals surface area contributed by atoms with Gasteiger partial charge in [-0.2, -0.15) is 0 Å². The van der Waals surface area contributed by atoms with Gasteiger partial charge in [0.2, 0.25) is 5.91 Å². The molecule has 1 heterocycles. The summed E-state index contributed by atoms with van der Waals surface area (Å²) in [7, 11) is 0. The fourth-order valence-electron chi connectivity index (χ4n) is 2.29. The Hall–Kier alpha value is -3.07. The van der Waals surface area contributed by atoms with Crippen molar-refractivity contribution < 1.29 is 27.6 Å². The van der Waals surface area contributed by atoms with Crippen LogP contribution in [0.2, 0.25) is 0 Å². The molecule has 0 radical (unpaired) electrons. The number of anilines is 1. The number of nitrogens with one attached hydrogen (secondary N) is 1. The predicted octanol–water partition coefficient (Wildman–Crippen LogP) is 3.78. The maximum Gasteiger partial charge on any atom is 0.294 e. The van der Waals surface area contributed by atoms with E-state index in [-0.39, 0.29) is 4.91 Å². The molecule has 9 heteroatoms. The summed E-state index contributed by atoms with van der Waals surface area (Å²) in [5.74, 6) is -6.30. The highest BCUT2D eigenvalue weighted by molar-refractivity contribution is 8.18. The highest BCUT2D eigenvalue weighted by atomic mass is 32.2. The summed E-state index contributed by atoms with van der Waals surface area (Å²) in [6, 6.07) is 10.3. The molecular weight excluding hydrogens is 381 g/mol. The summed E-state index contributed by atoms with van der Waals surface area (Å²) in [4.78, 5) is 37.2. The number of rotatable bonds is 4. The number of hydrogen-bond donors (Lipinski definition) is 1. The van der Waals surface area contributed by atoms with Crippen molar-refractivity contribution in [3.05, 3.63) is 70.4 Å². The highest BCUT2D eigenvalue weighted by Gasteiger charge is 2.36. The molecule has 5 nitrogen and oxygen atoms in total. The second kappa shape index (κ2) is 7.67. The number of imide groups is 1. The van der Waals surface area contributed by atoms with Gasteiger partial charge in [-0.1, -0.05) is 30.3 Å². The van der Waals surface area contributed by atoms with E-state index in [9.17, 15) is 27.6 Å². The molecule has 0 spiro atoms. The second-order valence-corrected chi connectivity index (χ2v) is 6.44. The van der Waals surface area contributed by atoms with Gasteiger partial charge in [0.15, 0.2) is 17.5 Å². The van der Waals surface area contributed by atoms with Crippen LogP contribution in [0.15, 0.2) is 47.4 Å². The number of halogens is 3. The zero-order valence-electron chi connectivity index (χ0n) is 13.5. The first kappa shape index (κ1) is 18.7. The lowest BCUT2D eigenvalue weighted by Gasteiger charge is -2.13. The van der Waals surface area contributed by atoms with Crippen LogP contribution in [0.3, 0.4) is 0 Å². The second-order valence-electron chi connectivity index (χ2n) is 5.45. The van der Waals surface area contributed by atoms with Crippen LogP contribution in [0, 0.1) is 17.5 Å². The molecule has 27 heavy (non-hydrogen) atoms. The Morgan fingerprint density at radius 1 is 1.04 bits per heavy atom. The molecule has 0 aliphatic carbocycles. The van der Waals surface area contributed by atoms with Crippen LogP contribution in [-0.4, -0.2) is 28.5 Å². The van der Waals surface area contributed by atoms with Gasteiger partial charge in [-0.3, -0.25) is 19.3 Å². The molecular formula is C18H11F3N2O3S. The minimum Gasteiger partial charge on any atom is -0.322 e. The third-order valence-electron chi connectivity index (χ3n) is 3.58. The third kappa shape index (κ3) is 4.03. The molecule has 0 atom stereocenters. The monoisotopic (exact) mass is 392 g/mol. The van der Waals surface area contributed by atoms with E-state index in [1.807, 2.05) is 5.32 Å². The standard InChI is InChI=1S/C18H11F3N2O3S/c19-11-6-7-12(16(21)15(11)20)22-14(24)9-23-17(25)13(27-18(23)26)8-10-4-2-1-3-5-10/h1-8H,9H2,(H,22,24)/b13-8+. The van der Waals surface area contributed by atoms with Crippen molar-refractivity contribution >= 4 is 40.6 Å².